The summed E-state index contributed by atoms with van der Waals surface area (Å²) in [5.41, 5.74) is 5.58. The number of hydrazine groups is 1. The number of aryl methyl sites for hydroxylation is 1. The third-order valence-corrected chi connectivity index (χ3v) is 4.85. The van der Waals surface area contributed by atoms with Crippen LogP contribution < -0.4 is 10.9 Å². The van der Waals surface area contributed by atoms with Gasteiger partial charge in [-0.1, -0.05) is 36.4 Å². The Hall–Kier alpha value is -2.99. The molecule has 6 heteroatoms. The number of carbonyl (C=O) groups excluding carboxylic acids is 3. The zero-order valence-electron chi connectivity index (χ0n) is 12.8. The Kier molecular flexibility index (Phi) is 4.39. The first kappa shape index (κ1) is 15.9. The Morgan fingerprint density at radius 3 is 2.25 bits per heavy atom. The van der Waals surface area contributed by atoms with Crippen molar-refractivity contribution >= 4 is 39.0 Å². The van der Waals surface area contributed by atoms with Gasteiger partial charge in [-0.2, -0.15) is 0 Å². The van der Waals surface area contributed by atoms with Gasteiger partial charge in [0, 0.05) is 10.3 Å². The first-order valence-corrected chi connectivity index (χ1v) is 8.08. The standard InChI is InChI=1S/C18H14N2O3S/c1-11-13-9-5-6-10-14(13)24-16(11)15(21)18(23)20-19-17(22)12-7-3-2-4-8-12/h2-10H,1H3,(H,19,22)(H,20,23). The summed E-state index contributed by atoms with van der Waals surface area (Å²) in [4.78, 5) is 36.6. The van der Waals surface area contributed by atoms with Crippen molar-refractivity contribution in [2.45, 2.75) is 6.92 Å². The maximum Gasteiger partial charge on any atom is 0.311 e. The molecule has 0 atom stereocenters. The first-order chi connectivity index (χ1) is 11.6. The van der Waals surface area contributed by atoms with E-state index in [1.165, 1.54) is 11.3 Å². The number of rotatable bonds is 3. The van der Waals surface area contributed by atoms with Crippen LogP contribution in [0.3, 0.4) is 0 Å². The smallest absolute Gasteiger partial charge is 0.282 e. The lowest BCUT2D eigenvalue weighted by Crippen LogP contribution is -2.44. The van der Waals surface area contributed by atoms with Crippen molar-refractivity contribution in [2.24, 2.45) is 0 Å². The second-order valence-electron chi connectivity index (χ2n) is 5.16. The minimum absolute atomic E-state index is 0.377. The van der Waals surface area contributed by atoms with E-state index < -0.39 is 17.6 Å². The SMILES string of the molecule is Cc1c(C(=O)C(=O)NNC(=O)c2ccccc2)sc2ccccc12. The molecule has 0 aliphatic rings. The van der Waals surface area contributed by atoms with Gasteiger partial charge in [0.2, 0.25) is 0 Å². The molecule has 5 nitrogen and oxygen atoms in total. The Labute approximate surface area is 142 Å². The van der Waals surface area contributed by atoms with Crippen molar-refractivity contribution in [2.75, 3.05) is 0 Å². The molecule has 0 aliphatic heterocycles. The lowest BCUT2D eigenvalue weighted by molar-refractivity contribution is -0.117. The van der Waals surface area contributed by atoms with E-state index in [2.05, 4.69) is 10.9 Å². The van der Waals surface area contributed by atoms with Crippen LogP contribution >= 0.6 is 11.3 Å². The fourth-order valence-electron chi connectivity index (χ4n) is 2.33. The Balaban J connectivity index is 1.71. The average molecular weight is 338 g/mol. The maximum atomic E-state index is 12.3. The molecule has 0 unspecified atom stereocenters. The summed E-state index contributed by atoms with van der Waals surface area (Å²) in [5.74, 6) is -2.01. The second-order valence-corrected chi connectivity index (χ2v) is 6.21. The Morgan fingerprint density at radius 1 is 0.875 bits per heavy atom. The molecule has 0 saturated carbocycles. The lowest BCUT2D eigenvalue weighted by Gasteiger charge is -2.06. The van der Waals surface area contributed by atoms with Gasteiger partial charge in [-0.3, -0.25) is 25.2 Å². The molecule has 0 saturated heterocycles. The summed E-state index contributed by atoms with van der Waals surface area (Å²) in [5, 5.41) is 0.951. The predicted molar refractivity (Wildman–Crippen MR) is 92.9 cm³/mol. The van der Waals surface area contributed by atoms with Gasteiger partial charge in [-0.15, -0.1) is 11.3 Å². The number of hydrogen-bond acceptors (Lipinski definition) is 4. The number of hydrogen-bond donors (Lipinski definition) is 2. The zero-order valence-corrected chi connectivity index (χ0v) is 13.6. The molecule has 0 bridgehead atoms. The van der Waals surface area contributed by atoms with E-state index in [4.69, 9.17) is 0 Å². The number of nitrogens with one attached hydrogen (secondary N) is 2. The molecule has 3 rings (SSSR count). The van der Waals surface area contributed by atoms with E-state index in [9.17, 15) is 14.4 Å². The van der Waals surface area contributed by atoms with E-state index in [-0.39, 0.29) is 0 Å². The van der Waals surface area contributed by atoms with Crippen molar-refractivity contribution in [3.63, 3.8) is 0 Å². The molecule has 0 spiro atoms. The van der Waals surface area contributed by atoms with E-state index in [1.807, 2.05) is 31.2 Å². The molecule has 0 radical (unpaired) electrons. The minimum atomic E-state index is -0.867. The Morgan fingerprint density at radius 2 is 1.54 bits per heavy atom. The predicted octanol–water partition coefficient (Wildman–Crippen LogP) is 2.85. The summed E-state index contributed by atoms with van der Waals surface area (Å²) < 4.78 is 0.944. The van der Waals surface area contributed by atoms with Gasteiger partial charge in [-0.05, 0) is 36.1 Å². The molecule has 24 heavy (non-hydrogen) atoms. The molecule has 2 aromatic carbocycles. The van der Waals surface area contributed by atoms with Crippen LogP contribution in [-0.2, 0) is 4.79 Å². The number of amides is 2. The summed E-state index contributed by atoms with van der Waals surface area (Å²) in [6.45, 7) is 1.81. The molecule has 0 fully saturated rings. The van der Waals surface area contributed by atoms with Crippen LogP contribution in [-0.4, -0.2) is 17.6 Å². The van der Waals surface area contributed by atoms with Gasteiger partial charge in [0.15, 0.2) is 0 Å². The average Bonchev–Trinajstić information content (AvgIpc) is 2.96. The first-order valence-electron chi connectivity index (χ1n) is 7.26. The van der Waals surface area contributed by atoms with E-state index >= 15 is 0 Å². The zero-order chi connectivity index (χ0) is 17.1. The van der Waals surface area contributed by atoms with Gasteiger partial charge < -0.3 is 0 Å². The lowest BCUT2D eigenvalue weighted by atomic mass is 10.1. The number of carbonyl (C=O) groups is 3. The van der Waals surface area contributed by atoms with Gasteiger partial charge in [0.1, 0.15) is 0 Å². The van der Waals surface area contributed by atoms with Crippen molar-refractivity contribution in [1.82, 2.24) is 10.9 Å². The highest BCUT2D eigenvalue weighted by molar-refractivity contribution is 7.21. The topological polar surface area (TPSA) is 75.3 Å². The van der Waals surface area contributed by atoms with Crippen LogP contribution in [0, 0.1) is 6.92 Å². The molecule has 2 N–H and O–H groups in total. The maximum absolute atomic E-state index is 12.3. The molecular formula is C18H14N2O3S. The van der Waals surface area contributed by atoms with Gasteiger partial charge >= 0.3 is 5.91 Å². The van der Waals surface area contributed by atoms with Crippen molar-refractivity contribution in [1.29, 1.82) is 0 Å². The molecule has 3 aromatic rings. The van der Waals surface area contributed by atoms with Gasteiger partial charge in [0.05, 0.1) is 4.88 Å². The Bertz CT molecular complexity index is 932. The van der Waals surface area contributed by atoms with Crippen LogP contribution in [0.2, 0.25) is 0 Å². The molecule has 0 aliphatic carbocycles. The number of Topliss-reactive ketones (excluding diaryl/α,β-unsaturated/α-hetero) is 1. The number of thiophene rings is 1. The van der Waals surface area contributed by atoms with Gasteiger partial charge in [-0.25, -0.2) is 0 Å². The summed E-state index contributed by atoms with van der Waals surface area (Å²) >= 11 is 1.27. The third kappa shape index (κ3) is 3.04. The monoisotopic (exact) mass is 338 g/mol. The number of fused-ring (bicyclic) bond motifs is 1. The quantitative estimate of drug-likeness (QED) is 0.438. The van der Waals surface area contributed by atoms with Crippen molar-refractivity contribution in [3.8, 4) is 0 Å². The van der Waals surface area contributed by atoms with Crippen LogP contribution in [0.25, 0.3) is 10.1 Å². The van der Waals surface area contributed by atoms with E-state index in [0.29, 0.717) is 10.4 Å². The fourth-order valence-corrected chi connectivity index (χ4v) is 3.47. The van der Waals surface area contributed by atoms with Crippen LogP contribution in [0.5, 0.6) is 0 Å². The van der Waals surface area contributed by atoms with Crippen LogP contribution in [0.4, 0.5) is 0 Å². The third-order valence-electron chi connectivity index (χ3n) is 3.58. The van der Waals surface area contributed by atoms with E-state index in [0.717, 1.165) is 15.6 Å². The fraction of sp³-hybridized carbons (Fsp3) is 0.0556. The number of ketones is 1. The highest BCUT2D eigenvalue weighted by atomic mass is 32.1. The minimum Gasteiger partial charge on any atom is -0.282 e. The molecule has 1 heterocycles. The molecule has 1 aromatic heterocycles. The van der Waals surface area contributed by atoms with Gasteiger partial charge in [0.25, 0.3) is 11.7 Å². The van der Waals surface area contributed by atoms with Crippen LogP contribution in [0.1, 0.15) is 25.6 Å². The summed E-state index contributed by atoms with van der Waals surface area (Å²) in [7, 11) is 0. The largest absolute Gasteiger partial charge is 0.311 e. The summed E-state index contributed by atoms with van der Waals surface area (Å²) in [6, 6.07) is 16.0. The molecular weight excluding hydrogens is 324 g/mol. The second kappa shape index (κ2) is 6.64. The highest BCUT2D eigenvalue weighted by Gasteiger charge is 2.22. The van der Waals surface area contributed by atoms with Crippen molar-refractivity contribution < 1.29 is 14.4 Å². The molecule has 120 valence electrons. The number of benzene rings is 2. The van der Waals surface area contributed by atoms with Crippen LogP contribution in [0.15, 0.2) is 54.6 Å². The molecule has 2 amide bonds. The highest BCUT2D eigenvalue weighted by Crippen LogP contribution is 2.30. The summed E-state index contributed by atoms with van der Waals surface area (Å²) in [6.07, 6.45) is 0. The van der Waals surface area contributed by atoms with Crippen molar-refractivity contribution in [3.05, 3.63) is 70.6 Å². The normalized spacial score (nSPS) is 10.4. The van der Waals surface area contributed by atoms with E-state index in [1.54, 1.807) is 30.3 Å².